The van der Waals surface area contributed by atoms with Gasteiger partial charge in [0.2, 0.25) is 0 Å². The number of rotatable bonds is 8. The van der Waals surface area contributed by atoms with Crippen LogP contribution in [-0.4, -0.2) is 53.4 Å². The number of carbonyl (C=O) groups is 2. The highest BCUT2D eigenvalue weighted by atomic mass is 16.4. The first kappa shape index (κ1) is 14.7. The van der Waals surface area contributed by atoms with Crippen molar-refractivity contribution in [2.24, 2.45) is 0 Å². The van der Waals surface area contributed by atoms with E-state index in [1.165, 1.54) is 0 Å². The summed E-state index contributed by atoms with van der Waals surface area (Å²) in [6, 6.07) is -0.207. The lowest BCUT2D eigenvalue weighted by Crippen LogP contribution is -2.41. The zero-order valence-corrected chi connectivity index (χ0v) is 9.61. The Morgan fingerprint density at radius 1 is 1.31 bits per heavy atom. The molecular weight excluding hydrogens is 212 g/mol. The molecule has 0 aromatic rings. The Morgan fingerprint density at radius 2 is 2.00 bits per heavy atom. The van der Waals surface area contributed by atoms with Crippen molar-refractivity contribution in [3.8, 4) is 0 Å². The minimum atomic E-state index is -0.859. The standard InChI is InChI=1S/C10H20N2O4/c1-2-12(7-4-8-13)10(16)11-6-3-5-9(14)15/h13H,2-8H2,1H3,(H,11,16)(H,14,15). The second-order valence-corrected chi connectivity index (χ2v) is 3.39. The van der Waals surface area contributed by atoms with Crippen LogP contribution in [0.5, 0.6) is 0 Å². The quantitative estimate of drug-likeness (QED) is 0.524. The van der Waals surface area contributed by atoms with Crippen molar-refractivity contribution in [2.75, 3.05) is 26.2 Å². The number of carboxylic acids is 1. The van der Waals surface area contributed by atoms with Crippen LogP contribution < -0.4 is 5.32 Å². The highest BCUT2D eigenvalue weighted by Gasteiger charge is 2.09. The molecule has 0 spiro atoms. The maximum Gasteiger partial charge on any atom is 0.317 e. The van der Waals surface area contributed by atoms with E-state index < -0.39 is 5.97 Å². The smallest absolute Gasteiger partial charge is 0.317 e. The van der Waals surface area contributed by atoms with Gasteiger partial charge in [-0.1, -0.05) is 0 Å². The van der Waals surface area contributed by atoms with E-state index in [2.05, 4.69) is 5.32 Å². The Balaban J connectivity index is 3.70. The minimum Gasteiger partial charge on any atom is -0.481 e. The van der Waals surface area contributed by atoms with E-state index in [1.807, 2.05) is 6.92 Å². The molecule has 0 saturated heterocycles. The molecule has 0 aromatic carbocycles. The molecule has 0 saturated carbocycles. The van der Waals surface area contributed by atoms with Crippen LogP contribution in [0.15, 0.2) is 0 Å². The Labute approximate surface area is 95.2 Å². The van der Waals surface area contributed by atoms with E-state index in [0.717, 1.165) is 0 Å². The Kier molecular flexibility index (Phi) is 8.24. The van der Waals surface area contributed by atoms with Gasteiger partial charge in [-0.15, -0.1) is 0 Å². The van der Waals surface area contributed by atoms with Gasteiger partial charge in [0, 0.05) is 32.7 Å². The number of carbonyl (C=O) groups excluding carboxylic acids is 1. The molecular formula is C10H20N2O4. The molecule has 0 fully saturated rings. The van der Waals surface area contributed by atoms with Crippen LogP contribution in [0.2, 0.25) is 0 Å². The Morgan fingerprint density at radius 3 is 2.50 bits per heavy atom. The summed E-state index contributed by atoms with van der Waals surface area (Å²) in [5.41, 5.74) is 0. The molecule has 0 aliphatic heterocycles. The van der Waals surface area contributed by atoms with E-state index in [4.69, 9.17) is 10.2 Å². The molecule has 0 aliphatic rings. The lowest BCUT2D eigenvalue weighted by molar-refractivity contribution is -0.137. The fourth-order valence-corrected chi connectivity index (χ4v) is 1.21. The largest absolute Gasteiger partial charge is 0.481 e. The van der Waals surface area contributed by atoms with E-state index in [0.29, 0.717) is 32.5 Å². The molecule has 2 amide bonds. The summed E-state index contributed by atoms with van der Waals surface area (Å²) in [7, 11) is 0. The molecule has 0 radical (unpaired) electrons. The van der Waals surface area contributed by atoms with Gasteiger partial charge in [0.25, 0.3) is 0 Å². The summed E-state index contributed by atoms with van der Waals surface area (Å²) in [5.74, 6) is -0.859. The van der Waals surface area contributed by atoms with Crippen LogP contribution in [0.25, 0.3) is 0 Å². The van der Waals surface area contributed by atoms with Crippen molar-refractivity contribution in [1.29, 1.82) is 0 Å². The molecule has 0 aromatic heterocycles. The number of aliphatic hydroxyl groups is 1. The SMILES string of the molecule is CCN(CCCO)C(=O)NCCCC(=O)O. The Hall–Kier alpha value is -1.30. The van der Waals surface area contributed by atoms with Crippen LogP contribution in [0.3, 0.4) is 0 Å². The molecule has 0 bridgehead atoms. The van der Waals surface area contributed by atoms with E-state index in [9.17, 15) is 9.59 Å². The van der Waals surface area contributed by atoms with Gasteiger partial charge in [-0.3, -0.25) is 4.79 Å². The number of urea groups is 1. The molecule has 0 heterocycles. The molecule has 3 N–H and O–H groups in total. The minimum absolute atomic E-state index is 0.0583. The number of aliphatic hydroxyl groups excluding tert-OH is 1. The van der Waals surface area contributed by atoms with Crippen LogP contribution in [0.4, 0.5) is 4.79 Å². The fourth-order valence-electron chi connectivity index (χ4n) is 1.21. The first-order valence-electron chi connectivity index (χ1n) is 5.47. The number of nitrogens with zero attached hydrogens (tertiary/aromatic N) is 1. The number of hydrogen-bond donors (Lipinski definition) is 3. The van der Waals surface area contributed by atoms with Crippen LogP contribution in [0.1, 0.15) is 26.2 Å². The van der Waals surface area contributed by atoms with E-state index >= 15 is 0 Å². The third-order valence-electron chi connectivity index (χ3n) is 2.10. The van der Waals surface area contributed by atoms with Crippen molar-refractivity contribution in [2.45, 2.75) is 26.2 Å². The van der Waals surface area contributed by atoms with Crippen molar-refractivity contribution < 1.29 is 19.8 Å². The topological polar surface area (TPSA) is 89.9 Å². The summed E-state index contributed by atoms with van der Waals surface area (Å²) in [6.45, 7) is 3.36. The van der Waals surface area contributed by atoms with E-state index in [-0.39, 0.29) is 19.1 Å². The normalized spacial score (nSPS) is 9.88. The summed E-state index contributed by atoms with van der Waals surface area (Å²) >= 11 is 0. The molecule has 0 unspecified atom stereocenters. The maximum absolute atomic E-state index is 11.5. The number of amides is 2. The summed E-state index contributed by atoms with van der Waals surface area (Å²) in [5, 5.41) is 19.7. The first-order valence-corrected chi connectivity index (χ1v) is 5.47. The number of aliphatic carboxylic acids is 1. The van der Waals surface area contributed by atoms with Crippen molar-refractivity contribution in [1.82, 2.24) is 10.2 Å². The van der Waals surface area contributed by atoms with Gasteiger partial charge in [-0.25, -0.2) is 4.79 Å². The second kappa shape index (κ2) is 8.96. The third-order valence-corrected chi connectivity index (χ3v) is 2.10. The number of hydrogen-bond acceptors (Lipinski definition) is 3. The maximum atomic E-state index is 11.5. The lowest BCUT2D eigenvalue weighted by Gasteiger charge is -2.20. The summed E-state index contributed by atoms with van der Waals surface area (Å²) < 4.78 is 0. The molecule has 6 heteroatoms. The molecule has 94 valence electrons. The third kappa shape index (κ3) is 7.05. The van der Waals surface area contributed by atoms with Gasteiger partial charge in [-0.05, 0) is 19.8 Å². The van der Waals surface area contributed by atoms with Crippen LogP contribution in [0, 0.1) is 0 Å². The van der Waals surface area contributed by atoms with Gasteiger partial charge in [0.1, 0.15) is 0 Å². The Bertz CT molecular complexity index is 221. The van der Waals surface area contributed by atoms with Gasteiger partial charge in [-0.2, -0.15) is 0 Å². The van der Waals surface area contributed by atoms with Crippen LogP contribution in [-0.2, 0) is 4.79 Å². The fraction of sp³-hybridized carbons (Fsp3) is 0.800. The lowest BCUT2D eigenvalue weighted by atomic mass is 10.3. The predicted octanol–water partition coefficient (Wildman–Crippen LogP) is 0.265. The average Bonchev–Trinajstić information content (AvgIpc) is 2.25. The molecule has 0 rings (SSSR count). The number of carboxylic acid groups (broad SMARTS) is 1. The summed E-state index contributed by atoms with van der Waals surface area (Å²) in [4.78, 5) is 23.3. The van der Waals surface area contributed by atoms with E-state index in [1.54, 1.807) is 4.90 Å². The molecule has 0 atom stereocenters. The zero-order valence-electron chi connectivity index (χ0n) is 9.61. The first-order chi connectivity index (χ1) is 7.61. The molecule has 6 nitrogen and oxygen atoms in total. The van der Waals surface area contributed by atoms with Crippen molar-refractivity contribution in [3.63, 3.8) is 0 Å². The average molecular weight is 232 g/mol. The number of nitrogens with one attached hydrogen (secondary N) is 1. The molecule has 0 aliphatic carbocycles. The zero-order chi connectivity index (χ0) is 12.4. The van der Waals surface area contributed by atoms with Crippen molar-refractivity contribution >= 4 is 12.0 Å². The van der Waals surface area contributed by atoms with Gasteiger partial charge >= 0.3 is 12.0 Å². The predicted molar refractivity (Wildman–Crippen MR) is 59.2 cm³/mol. The molecule has 16 heavy (non-hydrogen) atoms. The van der Waals surface area contributed by atoms with Gasteiger partial charge < -0.3 is 20.4 Å². The van der Waals surface area contributed by atoms with Gasteiger partial charge in [0.15, 0.2) is 0 Å². The van der Waals surface area contributed by atoms with Gasteiger partial charge in [0.05, 0.1) is 0 Å². The summed E-state index contributed by atoms with van der Waals surface area (Å²) in [6.07, 6.45) is 1.04. The highest BCUT2D eigenvalue weighted by molar-refractivity contribution is 5.74. The van der Waals surface area contributed by atoms with Crippen LogP contribution >= 0.6 is 0 Å². The highest BCUT2D eigenvalue weighted by Crippen LogP contribution is 1.93. The van der Waals surface area contributed by atoms with Crippen molar-refractivity contribution in [3.05, 3.63) is 0 Å². The monoisotopic (exact) mass is 232 g/mol. The second-order valence-electron chi connectivity index (χ2n) is 3.39.